The number of benzene rings is 1. The van der Waals surface area contributed by atoms with Crippen LogP contribution in [0.3, 0.4) is 0 Å². The lowest BCUT2D eigenvalue weighted by molar-refractivity contribution is -0.141. The quantitative estimate of drug-likeness (QED) is 0.720. The lowest BCUT2D eigenvalue weighted by atomic mass is 10.0. The van der Waals surface area contributed by atoms with E-state index >= 15 is 0 Å². The van der Waals surface area contributed by atoms with Crippen LogP contribution < -0.4 is 10.6 Å². The smallest absolute Gasteiger partial charge is 0.325 e. The molecule has 126 valence electrons. The Morgan fingerprint density at radius 2 is 1.65 bits per heavy atom. The van der Waals surface area contributed by atoms with Gasteiger partial charge in [0.25, 0.3) is 5.91 Å². The standard InChI is InChI=1S/C17H24N2O4/c1-4-12(5-2)17(22)19-14-9-7-13(8-10-14)16(21)18-11-15(20)23-6-3/h7-10,12H,4-6,11H2,1-3H3,(H,18,21)(H,19,22). The van der Waals surface area contributed by atoms with Crippen molar-refractivity contribution in [2.75, 3.05) is 18.5 Å². The zero-order valence-electron chi connectivity index (χ0n) is 13.8. The molecule has 0 saturated carbocycles. The van der Waals surface area contributed by atoms with Gasteiger partial charge in [-0.25, -0.2) is 0 Å². The molecule has 0 saturated heterocycles. The van der Waals surface area contributed by atoms with E-state index in [0.717, 1.165) is 12.8 Å². The topological polar surface area (TPSA) is 84.5 Å². The van der Waals surface area contributed by atoms with Crippen molar-refractivity contribution in [1.82, 2.24) is 5.32 Å². The molecule has 6 heteroatoms. The van der Waals surface area contributed by atoms with Gasteiger partial charge in [0.2, 0.25) is 5.91 Å². The Morgan fingerprint density at radius 3 is 2.17 bits per heavy atom. The SMILES string of the molecule is CCOC(=O)CNC(=O)c1ccc(NC(=O)C(CC)CC)cc1. The van der Waals surface area contributed by atoms with Gasteiger partial charge < -0.3 is 15.4 Å². The Bertz CT molecular complexity index is 536. The van der Waals surface area contributed by atoms with Gasteiger partial charge in [-0.15, -0.1) is 0 Å². The number of hydrogen-bond donors (Lipinski definition) is 2. The van der Waals surface area contributed by atoms with E-state index in [1.165, 1.54) is 0 Å². The molecule has 0 spiro atoms. The zero-order valence-corrected chi connectivity index (χ0v) is 13.8. The van der Waals surface area contributed by atoms with Crippen LogP contribution in [0.15, 0.2) is 24.3 Å². The van der Waals surface area contributed by atoms with Gasteiger partial charge in [-0.1, -0.05) is 13.8 Å². The number of carbonyl (C=O) groups is 3. The average Bonchev–Trinajstić information content (AvgIpc) is 2.54. The van der Waals surface area contributed by atoms with Crippen LogP contribution in [0, 0.1) is 5.92 Å². The largest absolute Gasteiger partial charge is 0.465 e. The van der Waals surface area contributed by atoms with E-state index < -0.39 is 5.97 Å². The van der Waals surface area contributed by atoms with Crippen molar-refractivity contribution in [3.8, 4) is 0 Å². The fraction of sp³-hybridized carbons (Fsp3) is 0.471. The summed E-state index contributed by atoms with van der Waals surface area (Å²) in [6.07, 6.45) is 1.58. The minimum atomic E-state index is -0.477. The van der Waals surface area contributed by atoms with Gasteiger partial charge in [0.1, 0.15) is 6.54 Å². The zero-order chi connectivity index (χ0) is 17.2. The van der Waals surface area contributed by atoms with Crippen LogP contribution in [0.1, 0.15) is 44.0 Å². The van der Waals surface area contributed by atoms with E-state index in [1.807, 2.05) is 13.8 Å². The maximum absolute atomic E-state index is 12.0. The number of carbonyl (C=O) groups excluding carboxylic acids is 3. The normalized spacial score (nSPS) is 10.3. The highest BCUT2D eigenvalue weighted by atomic mass is 16.5. The summed E-state index contributed by atoms with van der Waals surface area (Å²) in [6, 6.07) is 6.53. The molecule has 1 aromatic rings. The van der Waals surface area contributed by atoms with Crippen LogP contribution in [0.4, 0.5) is 5.69 Å². The van der Waals surface area contributed by atoms with Crippen LogP contribution in [-0.4, -0.2) is 30.9 Å². The summed E-state index contributed by atoms with van der Waals surface area (Å²) in [7, 11) is 0. The first-order valence-electron chi connectivity index (χ1n) is 7.86. The fourth-order valence-corrected chi connectivity index (χ4v) is 2.08. The molecule has 2 amide bonds. The Kier molecular flexibility index (Phi) is 7.80. The first-order valence-corrected chi connectivity index (χ1v) is 7.86. The van der Waals surface area contributed by atoms with Crippen molar-refractivity contribution < 1.29 is 19.1 Å². The molecule has 2 N–H and O–H groups in total. The van der Waals surface area contributed by atoms with Crippen molar-refractivity contribution in [2.24, 2.45) is 5.92 Å². The minimum absolute atomic E-state index is 0.0115. The van der Waals surface area contributed by atoms with E-state index in [1.54, 1.807) is 31.2 Å². The lowest BCUT2D eigenvalue weighted by Gasteiger charge is -2.13. The summed E-state index contributed by atoms with van der Waals surface area (Å²) < 4.78 is 4.73. The summed E-state index contributed by atoms with van der Waals surface area (Å²) in [5.41, 5.74) is 1.05. The molecular formula is C17H24N2O4. The number of rotatable bonds is 8. The highest BCUT2D eigenvalue weighted by molar-refractivity contribution is 5.97. The van der Waals surface area contributed by atoms with Crippen molar-refractivity contribution >= 4 is 23.5 Å². The minimum Gasteiger partial charge on any atom is -0.465 e. The Morgan fingerprint density at radius 1 is 1.04 bits per heavy atom. The number of hydrogen-bond acceptors (Lipinski definition) is 4. The van der Waals surface area contributed by atoms with E-state index in [0.29, 0.717) is 11.3 Å². The average molecular weight is 320 g/mol. The van der Waals surface area contributed by atoms with E-state index in [4.69, 9.17) is 4.74 Å². The predicted octanol–water partition coefficient (Wildman–Crippen LogP) is 2.35. The predicted molar refractivity (Wildman–Crippen MR) is 88.1 cm³/mol. The maximum atomic E-state index is 12.0. The van der Waals surface area contributed by atoms with Crippen LogP contribution in [0.25, 0.3) is 0 Å². The van der Waals surface area contributed by atoms with E-state index in [9.17, 15) is 14.4 Å². The summed E-state index contributed by atoms with van der Waals surface area (Å²) in [5, 5.41) is 5.31. The maximum Gasteiger partial charge on any atom is 0.325 e. The summed E-state index contributed by atoms with van der Waals surface area (Å²) in [5.74, 6) is -0.872. The Balaban J connectivity index is 2.57. The van der Waals surface area contributed by atoms with Crippen LogP contribution in [-0.2, 0) is 14.3 Å². The molecular weight excluding hydrogens is 296 g/mol. The molecule has 1 rings (SSSR count). The molecule has 6 nitrogen and oxygen atoms in total. The second kappa shape index (κ2) is 9.61. The van der Waals surface area contributed by atoms with E-state index in [2.05, 4.69) is 10.6 Å². The monoisotopic (exact) mass is 320 g/mol. The van der Waals surface area contributed by atoms with Gasteiger partial charge in [-0.05, 0) is 44.0 Å². The van der Waals surface area contributed by atoms with Crippen molar-refractivity contribution in [3.05, 3.63) is 29.8 Å². The van der Waals surface area contributed by atoms with Crippen LogP contribution >= 0.6 is 0 Å². The number of amides is 2. The van der Waals surface area contributed by atoms with Gasteiger partial charge in [-0.3, -0.25) is 14.4 Å². The number of ether oxygens (including phenoxy) is 1. The van der Waals surface area contributed by atoms with Crippen molar-refractivity contribution in [2.45, 2.75) is 33.6 Å². The molecule has 0 aliphatic carbocycles. The molecule has 0 atom stereocenters. The molecule has 0 unspecified atom stereocenters. The van der Waals surface area contributed by atoms with Crippen LogP contribution in [0.5, 0.6) is 0 Å². The fourth-order valence-electron chi connectivity index (χ4n) is 2.08. The van der Waals surface area contributed by atoms with Gasteiger partial charge >= 0.3 is 5.97 Å². The third-order valence-corrected chi connectivity index (χ3v) is 3.47. The molecule has 0 heterocycles. The Labute approximate surface area is 136 Å². The summed E-state index contributed by atoms with van der Waals surface area (Å²) in [4.78, 5) is 35.1. The molecule has 1 aromatic carbocycles. The highest BCUT2D eigenvalue weighted by Crippen LogP contribution is 2.14. The van der Waals surface area contributed by atoms with Crippen molar-refractivity contribution in [1.29, 1.82) is 0 Å². The van der Waals surface area contributed by atoms with Crippen LogP contribution in [0.2, 0.25) is 0 Å². The molecule has 0 aromatic heterocycles. The second-order valence-electron chi connectivity index (χ2n) is 5.07. The van der Waals surface area contributed by atoms with Gasteiger partial charge in [0.15, 0.2) is 0 Å². The van der Waals surface area contributed by atoms with E-state index in [-0.39, 0.29) is 30.9 Å². The first-order chi connectivity index (χ1) is 11.0. The third-order valence-electron chi connectivity index (χ3n) is 3.47. The molecule has 0 fully saturated rings. The molecule has 0 bridgehead atoms. The number of nitrogens with one attached hydrogen (secondary N) is 2. The first kappa shape index (κ1) is 18.7. The van der Waals surface area contributed by atoms with Crippen molar-refractivity contribution in [3.63, 3.8) is 0 Å². The van der Waals surface area contributed by atoms with Gasteiger partial charge in [0, 0.05) is 17.2 Å². The summed E-state index contributed by atoms with van der Waals surface area (Å²) in [6.45, 7) is 5.77. The third kappa shape index (κ3) is 6.10. The molecule has 0 aliphatic heterocycles. The number of anilines is 1. The number of esters is 1. The highest BCUT2D eigenvalue weighted by Gasteiger charge is 2.14. The van der Waals surface area contributed by atoms with Gasteiger partial charge in [0.05, 0.1) is 6.61 Å². The lowest BCUT2D eigenvalue weighted by Crippen LogP contribution is -2.30. The molecule has 0 radical (unpaired) electrons. The van der Waals surface area contributed by atoms with Gasteiger partial charge in [-0.2, -0.15) is 0 Å². The molecule has 23 heavy (non-hydrogen) atoms. The molecule has 0 aliphatic rings. The Hall–Kier alpha value is -2.37. The second-order valence-corrected chi connectivity index (χ2v) is 5.07. The summed E-state index contributed by atoms with van der Waals surface area (Å²) >= 11 is 0.